The van der Waals surface area contributed by atoms with E-state index in [-0.39, 0.29) is 11.9 Å². The molecule has 1 aliphatic heterocycles. The number of fused-ring (bicyclic) bond motifs is 1. The van der Waals surface area contributed by atoms with Crippen LogP contribution in [0.2, 0.25) is 0 Å². The molecule has 4 nitrogen and oxygen atoms in total. The molecule has 0 fully saturated rings. The molecule has 3 rings (SSSR count). The fourth-order valence-corrected chi connectivity index (χ4v) is 2.92. The second kappa shape index (κ2) is 6.53. The number of carbonyl (C=O) groups excluding carboxylic acids is 1. The first kappa shape index (κ1) is 15.1. The van der Waals surface area contributed by atoms with Crippen LogP contribution in [-0.4, -0.2) is 18.5 Å². The summed E-state index contributed by atoms with van der Waals surface area (Å²) in [5.74, 6) is 0.0797. The summed E-state index contributed by atoms with van der Waals surface area (Å²) in [6.45, 7) is 2.62. The Kier molecular flexibility index (Phi) is 4.29. The molecule has 0 saturated carbocycles. The SMILES string of the molecule is CC(Nc1ccc(CC#N)cc1)C(=O)N1CCc2ccccc21. The smallest absolute Gasteiger partial charge is 0.249 e. The zero-order valence-electron chi connectivity index (χ0n) is 13.1. The number of nitrogens with one attached hydrogen (secondary N) is 1. The van der Waals surface area contributed by atoms with Crippen molar-refractivity contribution in [2.24, 2.45) is 0 Å². The molecule has 0 spiro atoms. The number of hydrogen-bond acceptors (Lipinski definition) is 3. The molecule has 23 heavy (non-hydrogen) atoms. The maximum Gasteiger partial charge on any atom is 0.249 e. The van der Waals surface area contributed by atoms with Gasteiger partial charge in [0.2, 0.25) is 5.91 Å². The third-order valence-electron chi connectivity index (χ3n) is 4.14. The van der Waals surface area contributed by atoms with Gasteiger partial charge in [-0.2, -0.15) is 5.26 Å². The number of carbonyl (C=O) groups is 1. The van der Waals surface area contributed by atoms with Gasteiger partial charge in [-0.1, -0.05) is 30.3 Å². The van der Waals surface area contributed by atoms with Gasteiger partial charge in [0, 0.05) is 17.9 Å². The van der Waals surface area contributed by atoms with Gasteiger partial charge in [0.25, 0.3) is 0 Å². The minimum absolute atomic E-state index is 0.0797. The molecule has 116 valence electrons. The quantitative estimate of drug-likeness (QED) is 0.944. The number of anilines is 2. The first-order chi connectivity index (χ1) is 11.2. The fourth-order valence-electron chi connectivity index (χ4n) is 2.92. The summed E-state index contributed by atoms with van der Waals surface area (Å²) in [6.07, 6.45) is 1.32. The third kappa shape index (κ3) is 3.19. The average Bonchev–Trinajstić information content (AvgIpc) is 3.00. The van der Waals surface area contributed by atoms with Crippen molar-refractivity contribution in [3.63, 3.8) is 0 Å². The summed E-state index contributed by atoms with van der Waals surface area (Å²) < 4.78 is 0. The second-order valence-electron chi connectivity index (χ2n) is 5.77. The van der Waals surface area contributed by atoms with Crippen LogP contribution in [0.1, 0.15) is 18.1 Å². The lowest BCUT2D eigenvalue weighted by Gasteiger charge is -2.23. The lowest BCUT2D eigenvalue weighted by atomic mass is 10.1. The molecule has 0 aromatic heterocycles. The van der Waals surface area contributed by atoms with Gasteiger partial charge in [0.15, 0.2) is 0 Å². The number of amides is 1. The highest BCUT2D eigenvalue weighted by atomic mass is 16.2. The Balaban J connectivity index is 1.68. The van der Waals surface area contributed by atoms with E-state index in [4.69, 9.17) is 5.26 Å². The zero-order valence-corrected chi connectivity index (χ0v) is 13.1. The van der Waals surface area contributed by atoms with Crippen LogP contribution in [0.15, 0.2) is 48.5 Å². The Morgan fingerprint density at radius 1 is 1.26 bits per heavy atom. The Hall–Kier alpha value is -2.80. The third-order valence-corrected chi connectivity index (χ3v) is 4.14. The van der Waals surface area contributed by atoms with Crippen LogP contribution in [0.3, 0.4) is 0 Å². The van der Waals surface area contributed by atoms with E-state index in [9.17, 15) is 4.79 Å². The molecular weight excluding hydrogens is 286 g/mol. The van der Waals surface area contributed by atoms with E-state index in [1.54, 1.807) is 0 Å². The summed E-state index contributed by atoms with van der Waals surface area (Å²) in [5.41, 5.74) is 4.12. The molecule has 0 radical (unpaired) electrons. The largest absolute Gasteiger partial charge is 0.374 e. The van der Waals surface area contributed by atoms with Crippen molar-refractivity contribution in [3.8, 4) is 6.07 Å². The topological polar surface area (TPSA) is 56.1 Å². The van der Waals surface area contributed by atoms with Gasteiger partial charge in [-0.15, -0.1) is 0 Å². The molecule has 1 amide bonds. The van der Waals surface area contributed by atoms with Crippen LogP contribution in [-0.2, 0) is 17.6 Å². The Morgan fingerprint density at radius 2 is 2.00 bits per heavy atom. The molecule has 1 unspecified atom stereocenters. The lowest BCUT2D eigenvalue weighted by Crippen LogP contribution is -2.40. The summed E-state index contributed by atoms with van der Waals surface area (Å²) in [5, 5.41) is 11.9. The highest BCUT2D eigenvalue weighted by Gasteiger charge is 2.27. The van der Waals surface area contributed by atoms with Crippen molar-refractivity contribution in [1.29, 1.82) is 5.26 Å². The first-order valence-electron chi connectivity index (χ1n) is 7.81. The molecule has 1 aliphatic rings. The number of nitrogens with zero attached hydrogens (tertiary/aromatic N) is 2. The van der Waals surface area contributed by atoms with Crippen molar-refractivity contribution < 1.29 is 4.79 Å². The predicted molar refractivity (Wildman–Crippen MR) is 91.3 cm³/mol. The van der Waals surface area contributed by atoms with Crippen molar-refractivity contribution in [1.82, 2.24) is 0 Å². The number of para-hydroxylation sites is 1. The molecule has 0 bridgehead atoms. The van der Waals surface area contributed by atoms with Crippen LogP contribution in [0.5, 0.6) is 0 Å². The first-order valence-corrected chi connectivity index (χ1v) is 7.81. The van der Waals surface area contributed by atoms with Crippen LogP contribution in [0, 0.1) is 11.3 Å². The molecule has 1 heterocycles. The van der Waals surface area contributed by atoms with Gasteiger partial charge in [-0.25, -0.2) is 0 Å². The predicted octanol–water partition coefficient (Wildman–Crippen LogP) is 3.14. The summed E-state index contributed by atoms with van der Waals surface area (Å²) >= 11 is 0. The molecule has 4 heteroatoms. The second-order valence-corrected chi connectivity index (χ2v) is 5.77. The maximum atomic E-state index is 12.7. The molecule has 0 saturated heterocycles. The van der Waals surface area contributed by atoms with Crippen LogP contribution in [0.4, 0.5) is 11.4 Å². The Bertz CT molecular complexity index is 746. The van der Waals surface area contributed by atoms with E-state index in [0.29, 0.717) is 6.42 Å². The summed E-state index contributed by atoms with van der Waals surface area (Å²) in [4.78, 5) is 14.6. The monoisotopic (exact) mass is 305 g/mol. The number of benzene rings is 2. The van der Waals surface area contributed by atoms with E-state index >= 15 is 0 Å². The fraction of sp³-hybridized carbons (Fsp3) is 0.263. The highest BCUT2D eigenvalue weighted by Crippen LogP contribution is 2.28. The van der Waals surface area contributed by atoms with E-state index in [2.05, 4.69) is 17.5 Å². The molecule has 0 aliphatic carbocycles. The Morgan fingerprint density at radius 3 is 2.74 bits per heavy atom. The van der Waals surface area contributed by atoms with Gasteiger partial charge in [0.05, 0.1) is 12.5 Å². The maximum absolute atomic E-state index is 12.7. The van der Waals surface area contributed by atoms with E-state index < -0.39 is 0 Å². The summed E-state index contributed by atoms with van der Waals surface area (Å²) in [6, 6.07) is 17.5. The van der Waals surface area contributed by atoms with Gasteiger partial charge in [-0.05, 0) is 42.7 Å². The molecule has 2 aromatic rings. The van der Waals surface area contributed by atoms with Gasteiger partial charge >= 0.3 is 0 Å². The van der Waals surface area contributed by atoms with Crippen molar-refractivity contribution in [2.45, 2.75) is 25.8 Å². The standard InChI is InChI=1S/C19H19N3O/c1-14(21-17-8-6-15(7-9-17)10-12-20)19(23)22-13-11-16-4-2-3-5-18(16)22/h2-9,14,21H,10-11,13H2,1H3. The van der Waals surface area contributed by atoms with E-state index in [1.165, 1.54) is 5.56 Å². The van der Waals surface area contributed by atoms with Crippen LogP contribution in [0.25, 0.3) is 0 Å². The normalized spacial score (nSPS) is 14.0. The van der Waals surface area contributed by atoms with E-state index in [0.717, 1.165) is 29.9 Å². The molecule has 1 N–H and O–H groups in total. The average molecular weight is 305 g/mol. The van der Waals surface area contributed by atoms with Gasteiger partial charge < -0.3 is 10.2 Å². The zero-order chi connectivity index (χ0) is 16.2. The minimum Gasteiger partial charge on any atom is -0.374 e. The summed E-state index contributed by atoms with van der Waals surface area (Å²) in [7, 11) is 0. The van der Waals surface area contributed by atoms with E-state index in [1.807, 2.05) is 54.3 Å². The minimum atomic E-state index is -0.303. The number of nitriles is 1. The Labute approximate surface area is 136 Å². The highest BCUT2D eigenvalue weighted by molar-refractivity contribution is 6.00. The van der Waals surface area contributed by atoms with Crippen molar-refractivity contribution in [2.75, 3.05) is 16.8 Å². The number of hydrogen-bond donors (Lipinski definition) is 1. The van der Waals surface area contributed by atoms with Crippen LogP contribution < -0.4 is 10.2 Å². The van der Waals surface area contributed by atoms with Crippen LogP contribution >= 0.6 is 0 Å². The lowest BCUT2D eigenvalue weighted by molar-refractivity contribution is -0.118. The van der Waals surface area contributed by atoms with Crippen molar-refractivity contribution in [3.05, 3.63) is 59.7 Å². The molecule has 2 aromatic carbocycles. The molecule has 1 atom stereocenters. The molecular formula is C19H19N3O. The van der Waals surface area contributed by atoms with Gasteiger partial charge in [0.1, 0.15) is 6.04 Å². The van der Waals surface area contributed by atoms with Gasteiger partial charge in [-0.3, -0.25) is 4.79 Å². The van der Waals surface area contributed by atoms with Crippen molar-refractivity contribution >= 4 is 17.3 Å². The number of rotatable bonds is 4.